The van der Waals surface area contributed by atoms with Crippen LogP contribution in [0.15, 0.2) is 115 Å². The number of alkyl carbamates (subject to hydrolysis) is 1. The van der Waals surface area contributed by atoms with E-state index in [-0.39, 0.29) is 23.6 Å². The van der Waals surface area contributed by atoms with Gasteiger partial charge in [-0.1, -0.05) is 72.8 Å². The highest BCUT2D eigenvalue weighted by atomic mass is 31.1. The highest BCUT2D eigenvalue weighted by Crippen LogP contribution is 2.45. The van der Waals surface area contributed by atoms with E-state index in [1.807, 2.05) is 48.5 Å². The summed E-state index contributed by atoms with van der Waals surface area (Å²) in [7, 11) is -0.531. The van der Waals surface area contributed by atoms with Crippen molar-refractivity contribution < 1.29 is 50.1 Å². The van der Waals surface area contributed by atoms with Crippen molar-refractivity contribution in [2.24, 2.45) is 0 Å². The van der Waals surface area contributed by atoms with Gasteiger partial charge in [0.25, 0.3) is 0 Å². The number of carbonyl (C=O) groups is 2. The van der Waals surface area contributed by atoms with Gasteiger partial charge in [0.15, 0.2) is 0 Å². The van der Waals surface area contributed by atoms with Gasteiger partial charge in [0.05, 0.1) is 18.2 Å². The molecule has 1 aliphatic carbocycles. The summed E-state index contributed by atoms with van der Waals surface area (Å²) in [4.78, 5) is 26.3. The van der Waals surface area contributed by atoms with Gasteiger partial charge in [-0.05, 0) is 90.2 Å². The molecule has 6 nitrogen and oxygen atoms in total. The number of benzene rings is 5. The highest BCUT2D eigenvalue weighted by molar-refractivity contribution is 7.80. The third kappa shape index (κ3) is 7.77. The average molecular weight is 738 g/mol. The number of alkyl halides is 6. The summed E-state index contributed by atoms with van der Waals surface area (Å²) in [5, 5.41) is 3.42. The van der Waals surface area contributed by atoms with Crippen molar-refractivity contribution in [1.29, 1.82) is 0 Å². The number of halogens is 6. The number of hydrogen-bond acceptors (Lipinski definition) is 5. The van der Waals surface area contributed by atoms with Gasteiger partial charge in [0, 0.05) is 11.2 Å². The summed E-state index contributed by atoms with van der Waals surface area (Å²) in [5.74, 6) is -0.838. The van der Waals surface area contributed by atoms with Crippen LogP contribution in [0.5, 0.6) is 11.5 Å². The quantitative estimate of drug-likeness (QED) is 0.0714. The van der Waals surface area contributed by atoms with Crippen LogP contribution in [-0.2, 0) is 21.9 Å². The number of carbonyl (C=O) groups excluding carboxylic acids is 2. The van der Waals surface area contributed by atoms with Gasteiger partial charge in [-0.25, -0.2) is 9.59 Å². The Balaban J connectivity index is 1.24. The van der Waals surface area contributed by atoms with Gasteiger partial charge in [-0.2, -0.15) is 26.3 Å². The lowest BCUT2D eigenvalue weighted by Gasteiger charge is -2.24. The van der Waals surface area contributed by atoms with Gasteiger partial charge in [-0.15, -0.1) is 0 Å². The fourth-order valence-corrected chi connectivity index (χ4v) is 8.33. The minimum atomic E-state index is -4.62. The fraction of sp³-hybridized carbons (Fsp3) is 0.179. The molecule has 1 aliphatic rings. The van der Waals surface area contributed by atoms with E-state index in [4.69, 9.17) is 14.2 Å². The Hall–Kier alpha value is -5.35. The lowest BCUT2D eigenvalue weighted by atomic mass is 9.98. The number of ether oxygens (including phenoxy) is 3. The van der Waals surface area contributed by atoms with Crippen LogP contribution in [0, 0.1) is 0 Å². The molecule has 0 radical (unpaired) electrons. The zero-order valence-corrected chi connectivity index (χ0v) is 28.5. The summed E-state index contributed by atoms with van der Waals surface area (Å²) < 4.78 is 97.2. The molecule has 1 amide bonds. The van der Waals surface area contributed by atoms with E-state index in [0.29, 0.717) is 16.4 Å². The van der Waals surface area contributed by atoms with Crippen LogP contribution in [0.25, 0.3) is 11.1 Å². The van der Waals surface area contributed by atoms with E-state index >= 15 is 0 Å². The maximum atomic E-state index is 13.4. The van der Waals surface area contributed by atoms with Crippen molar-refractivity contribution in [2.75, 3.05) is 13.7 Å². The van der Waals surface area contributed by atoms with E-state index < -0.39 is 49.5 Å². The Kier molecular flexibility index (Phi) is 10.3. The molecule has 13 heteroatoms. The molecule has 5 aromatic carbocycles. The molecular formula is C39H30F6NO5P. The highest BCUT2D eigenvalue weighted by Gasteiger charge is 2.34. The largest absolute Gasteiger partial charge is 0.497 e. The first-order valence-electron chi connectivity index (χ1n) is 15.9. The van der Waals surface area contributed by atoms with Crippen LogP contribution >= 0.6 is 7.92 Å². The molecule has 1 N–H and O–H groups in total. The summed E-state index contributed by atoms with van der Waals surface area (Å²) >= 11 is 0. The molecule has 5 aromatic rings. The van der Waals surface area contributed by atoms with Gasteiger partial charge in [0.2, 0.25) is 0 Å². The van der Waals surface area contributed by atoms with Crippen molar-refractivity contribution in [3.63, 3.8) is 0 Å². The van der Waals surface area contributed by atoms with E-state index in [2.05, 4.69) is 5.32 Å². The Labute approximate surface area is 296 Å². The van der Waals surface area contributed by atoms with Crippen LogP contribution in [0.2, 0.25) is 0 Å². The smallest absolute Gasteiger partial charge is 0.416 e. The predicted octanol–water partition coefficient (Wildman–Crippen LogP) is 8.32. The number of amides is 1. The zero-order chi connectivity index (χ0) is 37.2. The van der Waals surface area contributed by atoms with E-state index in [1.165, 1.54) is 56.5 Å². The van der Waals surface area contributed by atoms with Crippen molar-refractivity contribution in [2.45, 2.75) is 31.2 Å². The second-order valence-corrected chi connectivity index (χ2v) is 14.1. The van der Waals surface area contributed by atoms with E-state index in [1.54, 1.807) is 0 Å². The molecule has 0 spiro atoms. The molecule has 0 bridgehead atoms. The standard InChI is InChI=1S/C39H30F6NO5P/c1-23(46-37(48)50-22-33-31-9-5-3-7-29(31)30-8-4-6-10-32(30)33)36(47)51-34-20-15-26(49-2)21-35(34)52(27-16-11-24(12-17-27)38(40,41)42)28-18-13-25(14-19-28)39(43,44)45/h3-21,23,33H,22H2,1-2H3,(H,46,48)/t23-/m0/s1. The molecule has 0 saturated carbocycles. The van der Waals surface area contributed by atoms with Crippen LogP contribution in [0.4, 0.5) is 31.1 Å². The molecule has 268 valence electrons. The molecule has 0 saturated heterocycles. The van der Waals surface area contributed by atoms with Crippen molar-refractivity contribution in [1.82, 2.24) is 5.32 Å². The number of rotatable bonds is 9. The second kappa shape index (κ2) is 14.7. The van der Waals surface area contributed by atoms with Gasteiger partial charge >= 0.3 is 24.4 Å². The maximum Gasteiger partial charge on any atom is 0.416 e. The summed E-state index contributed by atoms with van der Waals surface area (Å²) in [6.45, 7) is 1.40. The van der Waals surface area contributed by atoms with Gasteiger partial charge < -0.3 is 19.5 Å². The Bertz CT molecular complexity index is 1980. The normalized spacial score (nSPS) is 13.2. The van der Waals surface area contributed by atoms with Crippen molar-refractivity contribution >= 4 is 35.9 Å². The Morgan fingerprint density at radius 1 is 0.731 bits per heavy atom. The van der Waals surface area contributed by atoms with Gasteiger partial charge in [-0.3, -0.25) is 0 Å². The van der Waals surface area contributed by atoms with Crippen LogP contribution in [0.3, 0.4) is 0 Å². The van der Waals surface area contributed by atoms with Crippen molar-refractivity contribution in [3.05, 3.63) is 138 Å². The lowest BCUT2D eigenvalue weighted by Crippen LogP contribution is -2.42. The fourth-order valence-electron chi connectivity index (χ4n) is 5.98. The van der Waals surface area contributed by atoms with E-state index in [9.17, 15) is 35.9 Å². The maximum absolute atomic E-state index is 13.4. The number of hydrogen-bond donors (Lipinski definition) is 1. The molecule has 0 heterocycles. The molecule has 6 rings (SSSR count). The number of fused-ring (bicyclic) bond motifs is 3. The summed E-state index contributed by atoms with van der Waals surface area (Å²) in [5.41, 5.74) is 2.29. The monoisotopic (exact) mass is 737 g/mol. The van der Waals surface area contributed by atoms with Crippen LogP contribution < -0.4 is 30.7 Å². The Morgan fingerprint density at radius 2 is 1.23 bits per heavy atom. The first kappa shape index (κ1) is 36.4. The third-order valence-corrected chi connectivity index (χ3v) is 11.0. The van der Waals surface area contributed by atoms with Crippen LogP contribution in [0.1, 0.15) is 35.1 Å². The first-order chi connectivity index (χ1) is 24.7. The minimum Gasteiger partial charge on any atom is -0.497 e. The topological polar surface area (TPSA) is 73.9 Å². The molecule has 0 unspecified atom stereocenters. The predicted molar refractivity (Wildman–Crippen MR) is 185 cm³/mol. The van der Waals surface area contributed by atoms with E-state index in [0.717, 1.165) is 46.5 Å². The second-order valence-electron chi connectivity index (χ2n) is 11.9. The number of nitrogens with one attached hydrogen (secondary N) is 1. The third-order valence-electron chi connectivity index (χ3n) is 8.55. The average Bonchev–Trinajstić information content (AvgIpc) is 3.44. The van der Waals surface area contributed by atoms with Crippen LogP contribution in [-0.4, -0.2) is 31.8 Å². The summed E-state index contributed by atoms with van der Waals surface area (Å²) in [6.07, 6.45) is -10.1. The van der Waals surface area contributed by atoms with Crippen molar-refractivity contribution in [3.8, 4) is 22.6 Å². The summed E-state index contributed by atoms with van der Waals surface area (Å²) in [6, 6.07) is 27.3. The first-order valence-corrected chi connectivity index (χ1v) is 17.2. The molecule has 0 fully saturated rings. The molecule has 0 aliphatic heterocycles. The number of esters is 1. The molecule has 52 heavy (non-hydrogen) atoms. The minimum absolute atomic E-state index is 0.00874. The zero-order valence-electron chi connectivity index (χ0n) is 27.6. The SMILES string of the molecule is COc1ccc(OC(=O)[C@H](C)NC(=O)OCC2c3ccccc3-c3ccccc32)c(P(c2ccc(C(F)(F)F)cc2)c2ccc(C(F)(F)F)cc2)c1. The molecule has 0 aromatic heterocycles. The Morgan fingerprint density at radius 3 is 1.71 bits per heavy atom. The lowest BCUT2D eigenvalue weighted by molar-refractivity contribution is -0.138. The molecule has 1 atom stereocenters. The number of methoxy groups -OCH3 is 1. The van der Waals surface area contributed by atoms with Gasteiger partial charge in [0.1, 0.15) is 24.1 Å². The molecular weight excluding hydrogens is 707 g/mol.